The van der Waals surface area contributed by atoms with Crippen LogP contribution in [0.2, 0.25) is 0 Å². The van der Waals surface area contributed by atoms with Crippen molar-refractivity contribution in [3.05, 3.63) is 28.2 Å². The Hall–Kier alpha value is -0.910. The Balaban J connectivity index is 2.24. The van der Waals surface area contributed by atoms with Crippen LogP contribution in [0.5, 0.6) is 0 Å². The molecule has 1 atom stereocenters. The topological polar surface area (TPSA) is 49.8 Å². The molecule has 1 heterocycles. The van der Waals surface area contributed by atoms with E-state index in [1.54, 1.807) is 4.90 Å². The second-order valence-electron chi connectivity index (χ2n) is 4.29. The number of amides is 1. The zero-order chi connectivity index (χ0) is 13.1. The van der Waals surface area contributed by atoms with Gasteiger partial charge in [0, 0.05) is 29.7 Å². The number of hydrogen-bond acceptors (Lipinski definition) is 3. The van der Waals surface area contributed by atoms with Crippen LogP contribution in [0.3, 0.4) is 0 Å². The van der Waals surface area contributed by atoms with Crippen molar-refractivity contribution >= 4 is 27.5 Å². The van der Waals surface area contributed by atoms with Gasteiger partial charge < -0.3 is 14.7 Å². The lowest BCUT2D eigenvalue weighted by Gasteiger charge is -2.33. The summed E-state index contributed by atoms with van der Waals surface area (Å²) in [5.74, 6) is -0.0688. The summed E-state index contributed by atoms with van der Waals surface area (Å²) in [5.41, 5.74) is 1.96. The van der Waals surface area contributed by atoms with Crippen LogP contribution in [-0.2, 0) is 9.53 Å². The number of morpholine rings is 1. The van der Waals surface area contributed by atoms with Crippen LogP contribution < -0.4 is 4.90 Å². The van der Waals surface area contributed by atoms with Gasteiger partial charge in [0.1, 0.15) is 6.10 Å². The molecule has 1 aliphatic rings. The molecule has 0 bridgehead atoms. The lowest BCUT2D eigenvalue weighted by atomic mass is 10.1. The average Bonchev–Trinajstić information content (AvgIpc) is 2.33. The maximum Gasteiger partial charge on any atom is 0.256 e. The van der Waals surface area contributed by atoms with E-state index in [-0.39, 0.29) is 12.5 Å². The summed E-state index contributed by atoms with van der Waals surface area (Å²) in [6, 6.07) is 5.84. The number of aliphatic hydroxyl groups is 1. The zero-order valence-corrected chi connectivity index (χ0v) is 11.8. The van der Waals surface area contributed by atoms with Crippen molar-refractivity contribution < 1.29 is 14.6 Å². The van der Waals surface area contributed by atoms with Crippen molar-refractivity contribution in [1.82, 2.24) is 0 Å². The van der Waals surface area contributed by atoms with Crippen LogP contribution in [-0.4, -0.2) is 36.9 Å². The number of aliphatic hydroxyl groups excluding tert-OH is 1. The van der Waals surface area contributed by atoms with Gasteiger partial charge in [0.15, 0.2) is 0 Å². The molecule has 1 fully saturated rings. The second-order valence-corrected chi connectivity index (χ2v) is 5.21. The number of anilines is 1. The molecule has 0 radical (unpaired) electrons. The summed E-state index contributed by atoms with van der Waals surface area (Å²) in [5, 5.41) is 8.93. The van der Waals surface area contributed by atoms with Gasteiger partial charge in [-0.1, -0.05) is 15.9 Å². The fourth-order valence-electron chi connectivity index (χ4n) is 2.13. The number of aryl methyl sites for hydroxylation is 1. The summed E-state index contributed by atoms with van der Waals surface area (Å²) in [4.78, 5) is 14.0. The van der Waals surface area contributed by atoms with Gasteiger partial charge in [-0.15, -0.1) is 0 Å². The molecule has 0 spiro atoms. The third kappa shape index (κ3) is 2.74. The highest BCUT2D eigenvalue weighted by molar-refractivity contribution is 9.10. The smallest absolute Gasteiger partial charge is 0.256 e. The van der Waals surface area contributed by atoms with Crippen molar-refractivity contribution in [1.29, 1.82) is 0 Å². The van der Waals surface area contributed by atoms with E-state index in [1.165, 1.54) is 0 Å². The molecule has 1 unspecified atom stereocenters. The zero-order valence-electron chi connectivity index (χ0n) is 10.2. The summed E-state index contributed by atoms with van der Waals surface area (Å²) >= 11 is 3.41. The predicted molar refractivity (Wildman–Crippen MR) is 72.7 cm³/mol. The molecule has 1 aromatic rings. The molecule has 0 aliphatic carbocycles. The number of nitrogens with zero attached hydrogens (tertiary/aromatic N) is 1. The minimum Gasteiger partial charge on any atom is -0.396 e. The Labute approximate surface area is 115 Å². The van der Waals surface area contributed by atoms with Gasteiger partial charge in [-0.05, 0) is 30.7 Å². The van der Waals surface area contributed by atoms with Crippen molar-refractivity contribution in [2.75, 3.05) is 24.7 Å². The molecular formula is C13H16BrNO3. The first-order valence-corrected chi connectivity index (χ1v) is 6.73. The Kier molecular flexibility index (Phi) is 4.37. The molecule has 98 valence electrons. The van der Waals surface area contributed by atoms with E-state index in [0.29, 0.717) is 19.6 Å². The number of halogens is 1. The summed E-state index contributed by atoms with van der Waals surface area (Å²) < 4.78 is 6.38. The fourth-order valence-corrected chi connectivity index (χ4v) is 2.60. The maximum absolute atomic E-state index is 12.2. The fraction of sp³-hybridized carbons (Fsp3) is 0.462. The van der Waals surface area contributed by atoms with Crippen LogP contribution in [0.4, 0.5) is 5.69 Å². The molecule has 1 saturated heterocycles. The molecule has 5 heteroatoms. The van der Waals surface area contributed by atoms with Gasteiger partial charge in [0.2, 0.25) is 0 Å². The SMILES string of the molecule is Cc1cc(Br)ccc1N1CCOC(CCO)C1=O. The first-order valence-electron chi connectivity index (χ1n) is 5.93. The highest BCUT2D eigenvalue weighted by Gasteiger charge is 2.30. The van der Waals surface area contributed by atoms with E-state index in [9.17, 15) is 4.79 Å². The van der Waals surface area contributed by atoms with Gasteiger partial charge in [0.25, 0.3) is 5.91 Å². The van der Waals surface area contributed by atoms with Gasteiger partial charge in [-0.3, -0.25) is 4.79 Å². The summed E-state index contributed by atoms with van der Waals surface area (Å²) in [6.07, 6.45) is -0.169. The van der Waals surface area contributed by atoms with Crippen molar-refractivity contribution in [2.45, 2.75) is 19.4 Å². The van der Waals surface area contributed by atoms with Gasteiger partial charge in [0.05, 0.1) is 6.61 Å². The molecule has 1 aromatic carbocycles. The molecule has 0 saturated carbocycles. The van der Waals surface area contributed by atoms with E-state index in [4.69, 9.17) is 9.84 Å². The van der Waals surface area contributed by atoms with Crippen LogP contribution in [0.15, 0.2) is 22.7 Å². The first-order chi connectivity index (χ1) is 8.63. The third-order valence-corrected chi connectivity index (χ3v) is 3.51. The first kappa shape index (κ1) is 13.5. The van der Waals surface area contributed by atoms with Crippen molar-refractivity contribution in [2.24, 2.45) is 0 Å². The van der Waals surface area contributed by atoms with Gasteiger partial charge in [-0.25, -0.2) is 0 Å². The van der Waals surface area contributed by atoms with E-state index < -0.39 is 6.10 Å². The van der Waals surface area contributed by atoms with Crippen molar-refractivity contribution in [3.8, 4) is 0 Å². The largest absolute Gasteiger partial charge is 0.396 e. The molecule has 1 aliphatic heterocycles. The minimum atomic E-state index is -0.521. The molecule has 2 rings (SSSR count). The van der Waals surface area contributed by atoms with E-state index in [1.807, 2.05) is 25.1 Å². The molecule has 0 aromatic heterocycles. The highest BCUT2D eigenvalue weighted by atomic mass is 79.9. The maximum atomic E-state index is 12.2. The predicted octanol–water partition coefficient (Wildman–Crippen LogP) is 1.87. The number of ether oxygens (including phenoxy) is 1. The van der Waals surface area contributed by atoms with E-state index in [2.05, 4.69) is 15.9 Å². The highest BCUT2D eigenvalue weighted by Crippen LogP contribution is 2.26. The molecular weight excluding hydrogens is 298 g/mol. The van der Waals surface area contributed by atoms with Gasteiger partial charge in [-0.2, -0.15) is 0 Å². The number of benzene rings is 1. The standard InChI is InChI=1S/C13H16BrNO3/c1-9-8-10(14)2-3-11(9)15-5-7-18-12(4-6-16)13(15)17/h2-3,8,12,16H,4-7H2,1H3. The number of hydrogen-bond donors (Lipinski definition) is 1. The Morgan fingerprint density at radius 2 is 2.33 bits per heavy atom. The number of carbonyl (C=O) groups excluding carboxylic acids is 1. The Morgan fingerprint density at radius 1 is 1.56 bits per heavy atom. The average molecular weight is 314 g/mol. The quantitative estimate of drug-likeness (QED) is 0.927. The lowest BCUT2D eigenvalue weighted by molar-refractivity contribution is -0.134. The Morgan fingerprint density at radius 3 is 3.00 bits per heavy atom. The van der Waals surface area contributed by atoms with Crippen LogP contribution >= 0.6 is 15.9 Å². The lowest BCUT2D eigenvalue weighted by Crippen LogP contribution is -2.48. The second kappa shape index (κ2) is 5.82. The van der Waals surface area contributed by atoms with Crippen LogP contribution in [0, 0.1) is 6.92 Å². The molecule has 1 N–H and O–H groups in total. The summed E-state index contributed by atoms with van der Waals surface area (Å²) in [7, 11) is 0. The van der Waals surface area contributed by atoms with Crippen LogP contribution in [0.25, 0.3) is 0 Å². The molecule has 18 heavy (non-hydrogen) atoms. The normalized spacial score (nSPS) is 20.3. The van der Waals surface area contributed by atoms with Crippen molar-refractivity contribution in [3.63, 3.8) is 0 Å². The summed E-state index contributed by atoms with van der Waals surface area (Å²) in [6.45, 7) is 3.00. The molecule has 1 amide bonds. The van der Waals surface area contributed by atoms with Crippen LogP contribution in [0.1, 0.15) is 12.0 Å². The number of carbonyl (C=O) groups is 1. The third-order valence-electron chi connectivity index (χ3n) is 3.02. The van der Waals surface area contributed by atoms with Gasteiger partial charge >= 0.3 is 0 Å². The van der Waals surface area contributed by atoms with E-state index >= 15 is 0 Å². The molecule has 4 nitrogen and oxygen atoms in total. The number of rotatable bonds is 3. The monoisotopic (exact) mass is 313 g/mol. The minimum absolute atomic E-state index is 0.0381. The Bertz CT molecular complexity index is 448. The van der Waals surface area contributed by atoms with E-state index in [0.717, 1.165) is 15.7 Å².